The van der Waals surface area contributed by atoms with Crippen molar-refractivity contribution in [1.82, 2.24) is 10.6 Å². The Hall–Kier alpha value is -2.06. The van der Waals surface area contributed by atoms with Gasteiger partial charge < -0.3 is 15.4 Å². The number of ether oxygens (including phenoxy) is 1. The van der Waals surface area contributed by atoms with Gasteiger partial charge >= 0.3 is 0 Å². The second-order valence-electron chi connectivity index (χ2n) is 4.07. The number of hydrogen-bond donors (Lipinski definition) is 2. The summed E-state index contributed by atoms with van der Waals surface area (Å²) in [5.41, 5.74) is 2.01. The van der Waals surface area contributed by atoms with E-state index in [4.69, 9.17) is 10.00 Å². The molecule has 0 heterocycles. The van der Waals surface area contributed by atoms with E-state index in [9.17, 15) is 4.79 Å². The van der Waals surface area contributed by atoms with E-state index >= 15 is 0 Å². The van der Waals surface area contributed by atoms with Gasteiger partial charge in [-0.3, -0.25) is 4.79 Å². The zero-order valence-corrected chi connectivity index (χ0v) is 11.3. The molecule has 0 radical (unpaired) electrons. The van der Waals surface area contributed by atoms with Crippen molar-refractivity contribution in [2.45, 2.75) is 20.4 Å². The van der Waals surface area contributed by atoms with Crippen LogP contribution in [0, 0.1) is 18.3 Å². The lowest BCUT2D eigenvalue weighted by atomic mass is 10.1. The van der Waals surface area contributed by atoms with Crippen LogP contribution in [0.5, 0.6) is 5.75 Å². The number of para-hydroxylation sites is 1. The maximum absolute atomic E-state index is 11.4. The minimum atomic E-state index is -0.292. The Morgan fingerprint density at radius 2 is 2.26 bits per heavy atom. The van der Waals surface area contributed by atoms with Crippen molar-refractivity contribution in [3.63, 3.8) is 0 Å². The van der Waals surface area contributed by atoms with Crippen molar-refractivity contribution < 1.29 is 9.53 Å². The Labute approximate surface area is 113 Å². The predicted octanol–water partition coefficient (Wildman–Crippen LogP) is 1.12. The van der Waals surface area contributed by atoms with Gasteiger partial charge in [-0.15, -0.1) is 0 Å². The number of benzene rings is 1. The lowest BCUT2D eigenvalue weighted by molar-refractivity contribution is -0.122. The van der Waals surface area contributed by atoms with Gasteiger partial charge in [0.2, 0.25) is 0 Å². The van der Waals surface area contributed by atoms with Crippen molar-refractivity contribution in [3.8, 4) is 11.8 Å². The molecule has 1 amide bonds. The monoisotopic (exact) mass is 261 g/mol. The maximum Gasteiger partial charge on any atom is 0.258 e. The Balaban J connectivity index is 2.65. The quantitative estimate of drug-likeness (QED) is 0.721. The molecule has 19 heavy (non-hydrogen) atoms. The molecule has 102 valence electrons. The van der Waals surface area contributed by atoms with Gasteiger partial charge in [0.25, 0.3) is 5.91 Å². The van der Waals surface area contributed by atoms with Crippen LogP contribution < -0.4 is 15.4 Å². The standard InChI is InChI=1S/C14H19N3O2/c1-3-16-9-12-6-4-5-11(2)14(12)19-10-13(18)17-8-7-15/h4-6,16H,3,8-10H2,1-2H3,(H,17,18). The van der Waals surface area contributed by atoms with Crippen molar-refractivity contribution in [2.75, 3.05) is 19.7 Å². The Bertz CT molecular complexity index is 466. The van der Waals surface area contributed by atoms with Gasteiger partial charge in [-0.05, 0) is 19.0 Å². The van der Waals surface area contributed by atoms with Gasteiger partial charge in [-0.25, -0.2) is 0 Å². The van der Waals surface area contributed by atoms with E-state index < -0.39 is 0 Å². The van der Waals surface area contributed by atoms with Gasteiger partial charge in [-0.1, -0.05) is 25.1 Å². The van der Waals surface area contributed by atoms with Crippen LogP contribution in [-0.4, -0.2) is 25.6 Å². The summed E-state index contributed by atoms with van der Waals surface area (Å²) >= 11 is 0. The summed E-state index contributed by atoms with van der Waals surface area (Å²) in [7, 11) is 0. The lowest BCUT2D eigenvalue weighted by Crippen LogP contribution is -2.29. The topological polar surface area (TPSA) is 74.2 Å². The number of rotatable bonds is 7. The highest BCUT2D eigenvalue weighted by Crippen LogP contribution is 2.23. The lowest BCUT2D eigenvalue weighted by Gasteiger charge is -2.14. The first-order valence-corrected chi connectivity index (χ1v) is 6.24. The van der Waals surface area contributed by atoms with Crippen molar-refractivity contribution in [1.29, 1.82) is 5.26 Å². The highest BCUT2D eigenvalue weighted by atomic mass is 16.5. The van der Waals surface area contributed by atoms with E-state index in [1.165, 1.54) is 0 Å². The SMILES string of the molecule is CCNCc1cccc(C)c1OCC(=O)NCC#N. The first-order chi connectivity index (χ1) is 9.19. The van der Waals surface area contributed by atoms with E-state index in [1.54, 1.807) is 0 Å². The van der Waals surface area contributed by atoms with E-state index in [2.05, 4.69) is 10.6 Å². The zero-order valence-electron chi connectivity index (χ0n) is 11.3. The smallest absolute Gasteiger partial charge is 0.258 e. The Kier molecular flexibility index (Phi) is 6.41. The van der Waals surface area contributed by atoms with Gasteiger partial charge in [-0.2, -0.15) is 5.26 Å². The van der Waals surface area contributed by atoms with Crippen LogP contribution in [0.15, 0.2) is 18.2 Å². The highest BCUT2D eigenvalue weighted by Gasteiger charge is 2.09. The molecule has 0 aliphatic heterocycles. The van der Waals surface area contributed by atoms with E-state index in [1.807, 2.05) is 38.1 Å². The average molecular weight is 261 g/mol. The van der Waals surface area contributed by atoms with Gasteiger partial charge in [0.1, 0.15) is 12.3 Å². The van der Waals surface area contributed by atoms with Gasteiger partial charge in [0, 0.05) is 12.1 Å². The summed E-state index contributed by atoms with van der Waals surface area (Å²) in [4.78, 5) is 11.4. The largest absolute Gasteiger partial charge is 0.483 e. The number of nitriles is 1. The van der Waals surface area contributed by atoms with Crippen molar-refractivity contribution >= 4 is 5.91 Å². The molecule has 1 rings (SSSR count). The first-order valence-electron chi connectivity index (χ1n) is 6.24. The fourth-order valence-corrected chi connectivity index (χ4v) is 1.65. The van der Waals surface area contributed by atoms with Crippen LogP contribution in [0.2, 0.25) is 0 Å². The van der Waals surface area contributed by atoms with Crippen LogP contribution in [-0.2, 0) is 11.3 Å². The predicted molar refractivity (Wildman–Crippen MR) is 72.7 cm³/mol. The van der Waals surface area contributed by atoms with Crippen molar-refractivity contribution in [3.05, 3.63) is 29.3 Å². The van der Waals surface area contributed by atoms with Crippen LogP contribution in [0.25, 0.3) is 0 Å². The number of aryl methyl sites for hydroxylation is 1. The first kappa shape index (κ1) is 15.0. The molecule has 0 spiro atoms. The van der Waals surface area contributed by atoms with Crippen LogP contribution in [0.3, 0.4) is 0 Å². The molecule has 0 bridgehead atoms. The van der Waals surface area contributed by atoms with E-state index in [0.717, 1.165) is 23.4 Å². The summed E-state index contributed by atoms with van der Waals surface area (Å²) in [5, 5.41) is 14.0. The normalized spacial score (nSPS) is 9.74. The van der Waals surface area contributed by atoms with Crippen molar-refractivity contribution in [2.24, 2.45) is 0 Å². The fraction of sp³-hybridized carbons (Fsp3) is 0.429. The Morgan fingerprint density at radius 3 is 2.95 bits per heavy atom. The molecule has 5 nitrogen and oxygen atoms in total. The van der Waals surface area contributed by atoms with Crippen LogP contribution in [0.1, 0.15) is 18.1 Å². The number of carbonyl (C=O) groups excluding carboxylic acids is 1. The molecule has 2 N–H and O–H groups in total. The molecule has 0 aromatic heterocycles. The van der Waals surface area contributed by atoms with Crippen LogP contribution in [0.4, 0.5) is 0 Å². The minimum absolute atomic E-state index is 0.000211. The molecular formula is C14H19N3O2. The zero-order chi connectivity index (χ0) is 14.1. The molecular weight excluding hydrogens is 242 g/mol. The molecule has 0 aliphatic rings. The minimum Gasteiger partial charge on any atom is -0.483 e. The average Bonchev–Trinajstić information content (AvgIpc) is 2.41. The molecule has 0 unspecified atom stereocenters. The molecule has 1 aromatic carbocycles. The third-order valence-electron chi connectivity index (χ3n) is 2.57. The summed E-state index contributed by atoms with van der Waals surface area (Å²) in [5.74, 6) is 0.440. The summed E-state index contributed by atoms with van der Waals surface area (Å²) in [6, 6.07) is 7.73. The van der Waals surface area contributed by atoms with Crippen LogP contribution >= 0.6 is 0 Å². The number of nitrogens with one attached hydrogen (secondary N) is 2. The highest BCUT2D eigenvalue weighted by molar-refractivity contribution is 5.77. The van der Waals surface area contributed by atoms with E-state index in [0.29, 0.717) is 6.54 Å². The van der Waals surface area contributed by atoms with E-state index in [-0.39, 0.29) is 19.1 Å². The number of amides is 1. The number of hydrogen-bond acceptors (Lipinski definition) is 4. The third-order valence-corrected chi connectivity index (χ3v) is 2.57. The third kappa shape index (κ3) is 4.98. The summed E-state index contributed by atoms with van der Waals surface area (Å²) in [6.45, 7) is 5.47. The van der Waals surface area contributed by atoms with Gasteiger partial charge in [0.05, 0.1) is 6.07 Å². The fourth-order valence-electron chi connectivity index (χ4n) is 1.65. The molecule has 0 aliphatic carbocycles. The number of carbonyl (C=O) groups is 1. The summed E-state index contributed by atoms with van der Waals surface area (Å²) < 4.78 is 5.56. The molecule has 1 aromatic rings. The molecule has 0 fully saturated rings. The Morgan fingerprint density at radius 1 is 1.47 bits per heavy atom. The number of nitrogens with zero attached hydrogens (tertiary/aromatic N) is 1. The molecule has 0 atom stereocenters. The van der Waals surface area contributed by atoms with Gasteiger partial charge in [0.15, 0.2) is 6.61 Å². The summed E-state index contributed by atoms with van der Waals surface area (Å²) in [6.07, 6.45) is 0. The molecule has 0 saturated carbocycles. The maximum atomic E-state index is 11.4. The second-order valence-corrected chi connectivity index (χ2v) is 4.07. The second kappa shape index (κ2) is 8.11. The molecule has 0 saturated heterocycles. The molecule has 5 heteroatoms.